The molecule has 0 aliphatic heterocycles. The largest absolute Gasteiger partial charge is 0.504 e. The molecule has 2 aromatic carbocycles. The van der Waals surface area contributed by atoms with E-state index in [1.807, 2.05) is 30.3 Å². The Kier molecular flexibility index (Phi) is 11.6. The summed E-state index contributed by atoms with van der Waals surface area (Å²) >= 11 is 0. The molecule has 0 amide bonds. The second-order valence-corrected chi connectivity index (χ2v) is 9.89. The average molecular weight is 497 g/mol. The summed E-state index contributed by atoms with van der Waals surface area (Å²) < 4.78 is 5.29. The van der Waals surface area contributed by atoms with Crippen LogP contribution in [0, 0.1) is 0 Å². The van der Waals surface area contributed by atoms with Crippen molar-refractivity contribution in [1.29, 1.82) is 0 Å². The summed E-state index contributed by atoms with van der Waals surface area (Å²) in [6, 6.07) is 11.5. The zero-order valence-electron chi connectivity index (χ0n) is 22.1. The third-order valence-electron chi connectivity index (χ3n) is 7.28. The molecule has 0 saturated carbocycles. The molecule has 0 heterocycles. The number of nitrogens with zero attached hydrogens (tertiary/aromatic N) is 1. The number of hydrogen-bond acceptors (Lipinski definition) is 6. The first-order chi connectivity index (χ1) is 17.5. The molecule has 1 aliphatic carbocycles. The van der Waals surface area contributed by atoms with Crippen molar-refractivity contribution in [2.75, 3.05) is 33.3 Å². The number of para-hydroxylation sites is 1. The van der Waals surface area contributed by atoms with Gasteiger partial charge < -0.3 is 25.2 Å². The fraction of sp³-hybridized carbons (Fsp3) is 0.567. The summed E-state index contributed by atoms with van der Waals surface area (Å²) in [5, 5.41) is 23.4. The van der Waals surface area contributed by atoms with E-state index in [1.54, 1.807) is 13.2 Å². The highest BCUT2D eigenvalue weighted by Crippen LogP contribution is 2.36. The Hall–Kier alpha value is -2.57. The van der Waals surface area contributed by atoms with Crippen LogP contribution in [0.4, 0.5) is 0 Å². The van der Waals surface area contributed by atoms with Crippen LogP contribution in [0.2, 0.25) is 0 Å². The van der Waals surface area contributed by atoms with Crippen LogP contribution < -0.4 is 10.1 Å². The maximum absolute atomic E-state index is 12.4. The molecule has 1 atom stereocenters. The maximum Gasteiger partial charge on any atom is 0.166 e. The van der Waals surface area contributed by atoms with Crippen molar-refractivity contribution in [3.05, 3.63) is 53.1 Å². The number of ketones is 1. The van der Waals surface area contributed by atoms with Gasteiger partial charge in [-0.05, 0) is 94.9 Å². The van der Waals surface area contributed by atoms with Crippen molar-refractivity contribution in [3.63, 3.8) is 0 Å². The van der Waals surface area contributed by atoms with Gasteiger partial charge in [0.2, 0.25) is 0 Å². The molecule has 2 aromatic rings. The van der Waals surface area contributed by atoms with Crippen LogP contribution in [0.1, 0.15) is 79.8 Å². The molecule has 0 aromatic heterocycles. The molecule has 3 N–H and O–H groups in total. The Balaban J connectivity index is 1.27. The number of carbonyl (C=O) groups is 1. The number of ether oxygens (including phenoxy) is 1. The number of nitrogens with one attached hydrogen (secondary N) is 1. The Morgan fingerprint density at radius 3 is 2.61 bits per heavy atom. The molecular formula is C30H44N2O4. The van der Waals surface area contributed by atoms with E-state index in [2.05, 4.69) is 17.1 Å². The molecule has 1 aliphatic rings. The highest BCUT2D eigenvalue weighted by Gasteiger charge is 2.26. The lowest BCUT2D eigenvalue weighted by atomic mass is 9.86. The lowest BCUT2D eigenvalue weighted by molar-refractivity contribution is 0.0977. The number of methoxy groups -OCH3 is 1. The first kappa shape index (κ1) is 28.0. The molecule has 36 heavy (non-hydrogen) atoms. The van der Waals surface area contributed by atoms with E-state index in [0.29, 0.717) is 23.8 Å². The van der Waals surface area contributed by atoms with Crippen molar-refractivity contribution in [2.45, 2.75) is 77.2 Å². The van der Waals surface area contributed by atoms with Crippen molar-refractivity contribution >= 4 is 5.78 Å². The van der Waals surface area contributed by atoms with Gasteiger partial charge in [-0.15, -0.1) is 0 Å². The SMILES string of the molecule is CCCN(CCCCCCNCCCC(=O)c1ccccc1OC)C1CCc2c(ccc(O)c2O)C1. The van der Waals surface area contributed by atoms with E-state index in [1.165, 1.54) is 24.8 Å². The number of carbonyl (C=O) groups excluding carboxylic acids is 1. The zero-order valence-corrected chi connectivity index (χ0v) is 22.1. The molecule has 1 unspecified atom stereocenters. The van der Waals surface area contributed by atoms with Gasteiger partial charge in [-0.1, -0.05) is 38.0 Å². The monoisotopic (exact) mass is 496 g/mol. The van der Waals surface area contributed by atoms with E-state index < -0.39 is 0 Å². The van der Waals surface area contributed by atoms with E-state index >= 15 is 0 Å². The van der Waals surface area contributed by atoms with Gasteiger partial charge in [0, 0.05) is 18.0 Å². The number of phenols is 2. The summed E-state index contributed by atoms with van der Waals surface area (Å²) in [5.41, 5.74) is 2.78. The highest BCUT2D eigenvalue weighted by molar-refractivity contribution is 5.98. The Morgan fingerprint density at radius 1 is 1.03 bits per heavy atom. The smallest absolute Gasteiger partial charge is 0.166 e. The molecule has 0 radical (unpaired) electrons. The predicted molar refractivity (Wildman–Crippen MR) is 145 cm³/mol. The summed E-state index contributed by atoms with van der Waals surface area (Å²) in [6.45, 7) is 6.33. The quantitative estimate of drug-likeness (QED) is 0.162. The molecule has 0 saturated heterocycles. The fourth-order valence-electron chi connectivity index (χ4n) is 5.31. The molecule has 3 rings (SSSR count). The third-order valence-corrected chi connectivity index (χ3v) is 7.28. The second-order valence-electron chi connectivity index (χ2n) is 9.89. The van der Waals surface area contributed by atoms with Gasteiger partial charge in [-0.25, -0.2) is 0 Å². The maximum atomic E-state index is 12.4. The molecule has 0 spiro atoms. The minimum Gasteiger partial charge on any atom is -0.504 e. The normalized spacial score (nSPS) is 15.1. The summed E-state index contributed by atoms with van der Waals surface area (Å²) in [5.74, 6) is 0.862. The second kappa shape index (κ2) is 14.9. The first-order valence-corrected chi connectivity index (χ1v) is 13.7. The van der Waals surface area contributed by atoms with E-state index in [4.69, 9.17) is 4.74 Å². The van der Waals surface area contributed by atoms with Gasteiger partial charge in [0.1, 0.15) is 5.75 Å². The summed E-state index contributed by atoms with van der Waals surface area (Å²) in [7, 11) is 1.60. The standard InChI is InChI=1S/C30H44N2O4/c1-3-20-32(24-15-16-25-23(22-24)14-17-28(34)30(25)35)21-9-5-4-8-18-31-19-10-12-27(33)26-11-6-7-13-29(26)36-2/h6-7,11,13-14,17,24,31,34-35H,3-5,8-10,12,15-16,18-22H2,1-2H3. The number of hydrogen-bond donors (Lipinski definition) is 3. The van der Waals surface area contributed by atoms with Crippen LogP contribution in [-0.2, 0) is 12.8 Å². The van der Waals surface area contributed by atoms with Crippen molar-refractivity contribution in [2.24, 2.45) is 0 Å². The number of phenolic OH excluding ortho intramolecular Hbond substituents is 2. The van der Waals surface area contributed by atoms with Gasteiger partial charge in [0.25, 0.3) is 0 Å². The number of Topliss-reactive ketones (excluding diaryl/α,β-unsaturated/α-hetero) is 1. The molecule has 0 bridgehead atoms. The number of rotatable bonds is 16. The zero-order chi connectivity index (χ0) is 25.8. The Morgan fingerprint density at radius 2 is 1.81 bits per heavy atom. The summed E-state index contributed by atoms with van der Waals surface area (Å²) in [4.78, 5) is 15.0. The van der Waals surface area contributed by atoms with Crippen LogP contribution >= 0.6 is 0 Å². The molecular weight excluding hydrogens is 452 g/mol. The van der Waals surface area contributed by atoms with E-state index in [-0.39, 0.29) is 17.3 Å². The fourth-order valence-corrected chi connectivity index (χ4v) is 5.31. The number of unbranched alkanes of at least 4 members (excludes halogenated alkanes) is 3. The molecule has 6 heteroatoms. The average Bonchev–Trinajstić information content (AvgIpc) is 2.90. The summed E-state index contributed by atoms with van der Waals surface area (Å²) in [6.07, 6.45) is 10.1. The third kappa shape index (κ3) is 7.97. The van der Waals surface area contributed by atoms with Gasteiger partial charge in [0.15, 0.2) is 17.3 Å². The highest BCUT2D eigenvalue weighted by atomic mass is 16.5. The molecule has 6 nitrogen and oxygen atoms in total. The number of fused-ring (bicyclic) bond motifs is 1. The van der Waals surface area contributed by atoms with Gasteiger partial charge in [0.05, 0.1) is 12.7 Å². The first-order valence-electron chi connectivity index (χ1n) is 13.7. The minimum atomic E-state index is -0.00607. The molecule has 0 fully saturated rings. The number of benzene rings is 2. The van der Waals surface area contributed by atoms with Gasteiger partial charge in [-0.2, -0.15) is 0 Å². The number of aromatic hydroxyl groups is 2. The predicted octanol–water partition coefficient (Wildman–Crippen LogP) is 5.49. The van der Waals surface area contributed by atoms with Crippen LogP contribution in [-0.4, -0.2) is 60.2 Å². The van der Waals surface area contributed by atoms with Crippen LogP contribution in [0.25, 0.3) is 0 Å². The van der Waals surface area contributed by atoms with Crippen molar-refractivity contribution < 1.29 is 19.7 Å². The van der Waals surface area contributed by atoms with E-state index in [9.17, 15) is 15.0 Å². The van der Waals surface area contributed by atoms with Crippen molar-refractivity contribution in [1.82, 2.24) is 10.2 Å². The molecule has 198 valence electrons. The van der Waals surface area contributed by atoms with Crippen LogP contribution in [0.5, 0.6) is 17.2 Å². The topological polar surface area (TPSA) is 82.0 Å². The van der Waals surface area contributed by atoms with Gasteiger partial charge in [-0.3, -0.25) is 4.79 Å². The lowest BCUT2D eigenvalue weighted by Gasteiger charge is -2.35. The minimum absolute atomic E-state index is 0.00607. The van der Waals surface area contributed by atoms with E-state index in [0.717, 1.165) is 70.3 Å². The van der Waals surface area contributed by atoms with Crippen LogP contribution in [0.3, 0.4) is 0 Å². The Labute approximate surface area is 216 Å². The van der Waals surface area contributed by atoms with Crippen LogP contribution in [0.15, 0.2) is 36.4 Å². The Bertz CT molecular complexity index is 962. The van der Waals surface area contributed by atoms with Gasteiger partial charge >= 0.3 is 0 Å². The lowest BCUT2D eigenvalue weighted by Crippen LogP contribution is -2.40. The van der Waals surface area contributed by atoms with Crippen molar-refractivity contribution in [3.8, 4) is 17.2 Å².